The van der Waals surface area contributed by atoms with E-state index in [0.29, 0.717) is 23.7 Å². The Balaban J connectivity index is 1.57. The zero-order chi connectivity index (χ0) is 21.6. The summed E-state index contributed by atoms with van der Waals surface area (Å²) in [6.07, 6.45) is 7.30. The molecule has 1 amide bonds. The molecule has 6 heteroatoms. The van der Waals surface area contributed by atoms with Gasteiger partial charge >= 0.3 is 5.97 Å². The van der Waals surface area contributed by atoms with E-state index in [1.807, 2.05) is 18.2 Å². The standard InChI is InChI=1S/C25H27N3O3/c29-24(26-20-13-7-12-19(16-20)25(30)31)22-21(15-14-17-8-3-1-4-9-17)27-23(28-22)18-10-5-2-6-11-18/h1,3-4,7-9,12-13,16,18H,2,5-6,10-11,14-15H2,(H,26,29)(H,27,28)(H,30,31). The van der Waals surface area contributed by atoms with Crippen LogP contribution in [0.15, 0.2) is 54.6 Å². The van der Waals surface area contributed by atoms with Crippen LogP contribution in [0.4, 0.5) is 5.69 Å². The largest absolute Gasteiger partial charge is 0.478 e. The maximum atomic E-state index is 13.1. The second kappa shape index (κ2) is 9.60. The molecule has 4 rings (SSSR count). The third kappa shape index (κ3) is 5.20. The number of carbonyl (C=O) groups is 2. The highest BCUT2D eigenvalue weighted by Gasteiger charge is 2.24. The van der Waals surface area contributed by atoms with Crippen LogP contribution in [0.2, 0.25) is 0 Å². The normalized spacial score (nSPS) is 14.3. The summed E-state index contributed by atoms with van der Waals surface area (Å²) in [4.78, 5) is 32.5. The monoisotopic (exact) mass is 417 g/mol. The molecular formula is C25H27N3O3. The fraction of sp³-hybridized carbons (Fsp3) is 0.320. The van der Waals surface area contributed by atoms with Crippen LogP contribution in [0.5, 0.6) is 0 Å². The summed E-state index contributed by atoms with van der Waals surface area (Å²) in [5.74, 6) is -0.0868. The highest BCUT2D eigenvalue weighted by molar-refractivity contribution is 6.04. The second-order valence-corrected chi connectivity index (χ2v) is 8.11. The number of nitrogens with zero attached hydrogens (tertiary/aromatic N) is 1. The highest BCUT2D eigenvalue weighted by atomic mass is 16.4. The Morgan fingerprint density at radius 3 is 2.52 bits per heavy atom. The van der Waals surface area contributed by atoms with Gasteiger partial charge in [0.1, 0.15) is 11.5 Å². The van der Waals surface area contributed by atoms with Gasteiger partial charge in [-0.05, 0) is 49.4 Å². The average Bonchev–Trinajstić information content (AvgIpc) is 3.24. The average molecular weight is 418 g/mol. The predicted octanol–water partition coefficient (Wildman–Crippen LogP) is 5.19. The SMILES string of the molecule is O=C(O)c1cccc(NC(=O)c2nc(C3CCCCC3)[nH]c2CCc2ccccc2)c1. The minimum atomic E-state index is -1.03. The molecule has 1 aliphatic rings. The van der Waals surface area contributed by atoms with Crippen LogP contribution in [-0.4, -0.2) is 27.0 Å². The van der Waals surface area contributed by atoms with Gasteiger partial charge in [-0.2, -0.15) is 0 Å². The van der Waals surface area contributed by atoms with Crippen molar-refractivity contribution in [1.29, 1.82) is 0 Å². The van der Waals surface area contributed by atoms with Crippen molar-refractivity contribution in [3.63, 3.8) is 0 Å². The Kier molecular flexibility index (Phi) is 6.46. The van der Waals surface area contributed by atoms with Crippen molar-refractivity contribution in [2.45, 2.75) is 50.9 Å². The van der Waals surface area contributed by atoms with Crippen molar-refractivity contribution in [1.82, 2.24) is 9.97 Å². The van der Waals surface area contributed by atoms with Crippen molar-refractivity contribution in [2.75, 3.05) is 5.32 Å². The van der Waals surface area contributed by atoms with Crippen LogP contribution in [0.3, 0.4) is 0 Å². The molecule has 3 aromatic rings. The molecule has 1 fully saturated rings. The molecule has 0 unspecified atom stereocenters. The molecule has 0 atom stereocenters. The lowest BCUT2D eigenvalue weighted by atomic mass is 9.89. The van der Waals surface area contributed by atoms with E-state index in [0.717, 1.165) is 30.8 Å². The Morgan fingerprint density at radius 2 is 1.77 bits per heavy atom. The third-order valence-electron chi connectivity index (χ3n) is 5.88. The molecule has 0 aliphatic heterocycles. The van der Waals surface area contributed by atoms with E-state index in [9.17, 15) is 14.7 Å². The fourth-order valence-electron chi connectivity index (χ4n) is 4.20. The summed E-state index contributed by atoms with van der Waals surface area (Å²) in [7, 11) is 0. The van der Waals surface area contributed by atoms with Crippen molar-refractivity contribution >= 4 is 17.6 Å². The molecule has 1 heterocycles. The molecule has 160 valence electrons. The number of amides is 1. The van der Waals surface area contributed by atoms with Crippen LogP contribution >= 0.6 is 0 Å². The van der Waals surface area contributed by atoms with E-state index in [4.69, 9.17) is 4.98 Å². The van der Waals surface area contributed by atoms with E-state index in [-0.39, 0.29) is 11.5 Å². The zero-order valence-electron chi connectivity index (χ0n) is 17.4. The molecule has 1 saturated carbocycles. The van der Waals surface area contributed by atoms with Crippen molar-refractivity contribution in [2.24, 2.45) is 0 Å². The lowest BCUT2D eigenvalue weighted by Crippen LogP contribution is -2.15. The Hall–Kier alpha value is -3.41. The molecule has 0 bridgehead atoms. The number of benzene rings is 2. The first kappa shape index (κ1) is 20.8. The molecule has 2 aromatic carbocycles. The number of carboxylic acid groups (broad SMARTS) is 1. The number of carboxylic acids is 1. The number of nitrogens with one attached hydrogen (secondary N) is 2. The third-order valence-corrected chi connectivity index (χ3v) is 5.88. The van der Waals surface area contributed by atoms with Gasteiger partial charge in [0.15, 0.2) is 0 Å². The van der Waals surface area contributed by atoms with Crippen LogP contribution in [-0.2, 0) is 12.8 Å². The van der Waals surface area contributed by atoms with Gasteiger partial charge in [-0.15, -0.1) is 0 Å². The number of aromatic nitrogens is 2. The summed E-state index contributed by atoms with van der Waals surface area (Å²) in [5, 5.41) is 12.0. The fourth-order valence-corrected chi connectivity index (χ4v) is 4.20. The number of anilines is 1. The molecule has 0 spiro atoms. The van der Waals surface area contributed by atoms with Gasteiger partial charge in [0.05, 0.1) is 5.56 Å². The molecule has 1 aromatic heterocycles. The number of hydrogen-bond donors (Lipinski definition) is 3. The summed E-state index contributed by atoms with van der Waals surface area (Å²) in [5.41, 5.74) is 3.01. The van der Waals surface area contributed by atoms with Crippen molar-refractivity contribution in [3.05, 3.63) is 82.9 Å². The number of imidazole rings is 1. The first-order valence-corrected chi connectivity index (χ1v) is 10.9. The second-order valence-electron chi connectivity index (χ2n) is 8.11. The minimum absolute atomic E-state index is 0.132. The smallest absolute Gasteiger partial charge is 0.335 e. The first-order valence-electron chi connectivity index (χ1n) is 10.9. The van der Waals surface area contributed by atoms with Crippen LogP contribution in [0.1, 0.15) is 76.0 Å². The van der Waals surface area contributed by atoms with Gasteiger partial charge in [-0.1, -0.05) is 55.7 Å². The molecule has 6 nitrogen and oxygen atoms in total. The summed E-state index contributed by atoms with van der Waals surface area (Å²) in [6.45, 7) is 0. The van der Waals surface area contributed by atoms with Gasteiger partial charge in [0.2, 0.25) is 0 Å². The van der Waals surface area contributed by atoms with Crippen LogP contribution in [0, 0.1) is 0 Å². The molecule has 0 saturated heterocycles. The molecule has 3 N–H and O–H groups in total. The Bertz CT molecular complexity index is 1050. The number of rotatable bonds is 7. The summed E-state index contributed by atoms with van der Waals surface area (Å²) in [6, 6.07) is 16.4. The van der Waals surface area contributed by atoms with E-state index < -0.39 is 5.97 Å². The lowest BCUT2D eigenvalue weighted by molar-refractivity contribution is 0.0696. The molecular weight excluding hydrogens is 390 g/mol. The van der Waals surface area contributed by atoms with Gasteiger partial charge in [0, 0.05) is 17.3 Å². The number of H-pyrrole nitrogens is 1. The zero-order valence-corrected chi connectivity index (χ0v) is 17.4. The van der Waals surface area contributed by atoms with Crippen molar-refractivity contribution in [3.8, 4) is 0 Å². The predicted molar refractivity (Wildman–Crippen MR) is 120 cm³/mol. The van der Waals surface area contributed by atoms with Gasteiger partial charge in [-0.25, -0.2) is 9.78 Å². The maximum Gasteiger partial charge on any atom is 0.335 e. The summed E-state index contributed by atoms with van der Waals surface area (Å²) >= 11 is 0. The minimum Gasteiger partial charge on any atom is -0.478 e. The van der Waals surface area contributed by atoms with Crippen LogP contribution < -0.4 is 5.32 Å². The van der Waals surface area contributed by atoms with E-state index in [2.05, 4.69) is 22.4 Å². The maximum absolute atomic E-state index is 13.1. The Morgan fingerprint density at radius 1 is 1.00 bits per heavy atom. The molecule has 1 aliphatic carbocycles. The van der Waals surface area contributed by atoms with Crippen molar-refractivity contribution < 1.29 is 14.7 Å². The Labute approximate surface area is 181 Å². The topological polar surface area (TPSA) is 95.1 Å². The van der Waals surface area contributed by atoms with E-state index >= 15 is 0 Å². The van der Waals surface area contributed by atoms with E-state index in [1.54, 1.807) is 12.1 Å². The van der Waals surface area contributed by atoms with E-state index in [1.165, 1.54) is 37.0 Å². The van der Waals surface area contributed by atoms with Gasteiger partial charge in [-0.3, -0.25) is 4.79 Å². The first-order chi connectivity index (χ1) is 15.1. The number of aromatic carboxylic acids is 1. The number of carbonyl (C=O) groups excluding carboxylic acids is 1. The molecule has 31 heavy (non-hydrogen) atoms. The lowest BCUT2D eigenvalue weighted by Gasteiger charge is -2.19. The number of aromatic amines is 1. The number of hydrogen-bond acceptors (Lipinski definition) is 3. The quantitative estimate of drug-likeness (QED) is 0.493. The van der Waals surface area contributed by atoms with Crippen LogP contribution in [0.25, 0.3) is 0 Å². The molecule has 0 radical (unpaired) electrons. The summed E-state index contributed by atoms with van der Waals surface area (Å²) < 4.78 is 0. The van der Waals surface area contributed by atoms with Gasteiger partial charge in [0.25, 0.3) is 5.91 Å². The highest BCUT2D eigenvalue weighted by Crippen LogP contribution is 2.32. The number of aryl methyl sites for hydroxylation is 2. The van der Waals surface area contributed by atoms with Gasteiger partial charge < -0.3 is 15.4 Å².